The molecule has 0 aliphatic carbocycles. The van der Waals surface area contributed by atoms with Crippen molar-refractivity contribution in [3.63, 3.8) is 0 Å². The highest BCUT2D eigenvalue weighted by molar-refractivity contribution is 7.89. The number of nitrogens with zero attached hydrogens (tertiary/aromatic N) is 4. The molecule has 2 aromatic heterocycles. The molecule has 0 N–H and O–H groups in total. The summed E-state index contributed by atoms with van der Waals surface area (Å²) in [6, 6.07) is 8.11. The molecule has 1 aliphatic rings. The standard InChI is InChI=1S/C23H26N4O3S/c1-16-14-24-12-11-20(16)21-15-25-17(2)26-23(21)22-6-4-5-13-27(22)31(28,29)19-9-7-18(30-3)8-10-19/h7-12,14-15,22H,4-6,13H2,1-3H3/t22-/m1/s1. The zero-order chi connectivity index (χ0) is 22.0. The fourth-order valence-corrected chi connectivity index (χ4v) is 5.73. The van der Waals surface area contributed by atoms with E-state index in [0.717, 1.165) is 35.2 Å². The molecule has 0 amide bonds. The predicted octanol–water partition coefficient (Wildman–Crippen LogP) is 4.08. The fourth-order valence-electron chi connectivity index (χ4n) is 4.07. The highest BCUT2D eigenvalue weighted by Crippen LogP contribution is 2.39. The lowest BCUT2D eigenvalue weighted by atomic mass is 9.94. The van der Waals surface area contributed by atoms with E-state index in [-0.39, 0.29) is 10.9 Å². The van der Waals surface area contributed by atoms with E-state index in [1.165, 1.54) is 0 Å². The minimum absolute atomic E-state index is 0.257. The topological polar surface area (TPSA) is 85.3 Å². The maximum absolute atomic E-state index is 13.6. The van der Waals surface area contributed by atoms with E-state index in [9.17, 15) is 8.42 Å². The molecule has 1 saturated heterocycles. The molecule has 3 heterocycles. The Kier molecular flexibility index (Phi) is 6.02. The number of sulfonamides is 1. The molecule has 1 aromatic carbocycles. The third-order valence-corrected chi connectivity index (χ3v) is 7.61. The van der Waals surface area contributed by atoms with Crippen LogP contribution in [0.4, 0.5) is 0 Å². The van der Waals surface area contributed by atoms with Crippen LogP contribution in [-0.2, 0) is 10.0 Å². The maximum Gasteiger partial charge on any atom is 0.243 e. The highest BCUT2D eigenvalue weighted by atomic mass is 32.2. The van der Waals surface area contributed by atoms with Gasteiger partial charge in [-0.15, -0.1) is 0 Å². The van der Waals surface area contributed by atoms with Gasteiger partial charge in [-0.2, -0.15) is 4.31 Å². The zero-order valence-electron chi connectivity index (χ0n) is 17.9. The number of ether oxygens (including phenoxy) is 1. The lowest BCUT2D eigenvalue weighted by Gasteiger charge is -2.35. The molecule has 3 aromatic rings. The van der Waals surface area contributed by atoms with Gasteiger partial charge in [-0.25, -0.2) is 18.4 Å². The van der Waals surface area contributed by atoms with Crippen molar-refractivity contribution in [1.29, 1.82) is 0 Å². The summed E-state index contributed by atoms with van der Waals surface area (Å²) < 4.78 is 34.0. The average Bonchev–Trinajstić information content (AvgIpc) is 2.79. The van der Waals surface area contributed by atoms with Crippen molar-refractivity contribution in [3.05, 3.63) is 66.0 Å². The van der Waals surface area contributed by atoms with E-state index in [1.807, 2.05) is 19.9 Å². The van der Waals surface area contributed by atoms with E-state index in [4.69, 9.17) is 9.72 Å². The van der Waals surface area contributed by atoms with Crippen LogP contribution in [0.3, 0.4) is 0 Å². The second-order valence-electron chi connectivity index (χ2n) is 7.71. The normalized spacial score (nSPS) is 17.5. The van der Waals surface area contributed by atoms with E-state index in [0.29, 0.717) is 24.5 Å². The molecule has 0 bridgehead atoms. The molecule has 0 saturated carbocycles. The lowest BCUT2D eigenvalue weighted by Crippen LogP contribution is -2.39. The Labute approximate surface area is 183 Å². The molecule has 4 rings (SSSR count). The van der Waals surface area contributed by atoms with E-state index >= 15 is 0 Å². The Balaban J connectivity index is 1.81. The SMILES string of the molecule is COc1ccc(S(=O)(=O)N2CCCC[C@@H]2c2nc(C)ncc2-c2ccncc2C)cc1. The Morgan fingerprint density at radius 2 is 1.81 bits per heavy atom. The van der Waals surface area contributed by atoms with Crippen molar-refractivity contribution in [2.45, 2.75) is 44.0 Å². The second-order valence-corrected chi connectivity index (χ2v) is 9.60. The van der Waals surface area contributed by atoms with Gasteiger partial charge in [0.25, 0.3) is 0 Å². The number of piperidine rings is 1. The summed E-state index contributed by atoms with van der Waals surface area (Å²) in [6.45, 7) is 4.27. The number of rotatable bonds is 5. The van der Waals surface area contributed by atoms with Gasteiger partial charge in [-0.1, -0.05) is 6.42 Å². The first-order valence-electron chi connectivity index (χ1n) is 10.3. The summed E-state index contributed by atoms with van der Waals surface area (Å²) in [7, 11) is -2.14. The van der Waals surface area contributed by atoms with Crippen LogP contribution in [0, 0.1) is 13.8 Å². The van der Waals surface area contributed by atoms with Gasteiger partial charge in [0, 0.05) is 30.7 Å². The number of pyridine rings is 1. The van der Waals surface area contributed by atoms with Crippen LogP contribution in [0.25, 0.3) is 11.1 Å². The van der Waals surface area contributed by atoms with Gasteiger partial charge in [0.05, 0.1) is 23.7 Å². The molecular weight excluding hydrogens is 412 g/mol. The Morgan fingerprint density at radius 1 is 1.03 bits per heavy atom. The third kappa shape index (κ3) is 4.18. The fraction of sp³-hybridized carbons (Fsp3) is 0.348. The quantitative estimate of drug-likeness (QED) is 0.597. The van der Waals surface area contributed by atoms with E-state index in [1.54, 1.807) is 54.3 Å². The van der Waals surface area contributed by atoms with Crippen molar-refractivity contribution >= 4 is 10.0 Å². The average molecular weight is 439 g/mol. The van der Waals surface area contributed by atoms with Crippen molar-refractivity contribution in [1.82, 2.24) is 19.3 Å². The van der Waals surface area contributed by atoms with E-state index in [2.05, 4.69) is 9.97 Å². The van der Waals surface area contributed by atoms with Gasteiger partial charge in [0.2, 0.25) is 10.0 Å². The summed E-state index contributed by atoms with van der Waals surface area (Å²) in [5.41, 5.74) is 3.57. The largest absolute Gasteiger partial charge is 0.497 e. The second kappa shape index (κ2) is 8.72. The smallest absolute Gasteiger partial charge is 0.243 e. The molecule has 1 atom stereocenters. The van der Waals surface area contributed by atoms with E-state index < -0.39 is 10.0 Å². The minimum Gasteiger partial charge on any atom is -0.497 e. The Morgan fingerprint density at radius 3 is 2.52 bits per heavy atom. The van der Waals surface area contributed by atoms with Gasteiger partial charge >= 0.3 is 0 Å². The van der Waals surface area contributed by atoms with Crippen molar-refractivity contribution < 1.29 is 13.2 Å². The first-order valence-corrected chi connectivity index (χ1v) is 11.8. The third-order valence-electron chi connectivity index (χ3n) is 5.68. The Bertz CT molecular complexity index is 1180. The van der Waals surface area contributed by atoms with Crippen LogP contribution in [-0.4, -0.2) is 41.3 Å². The van der Waals surface area contributed by atoms with Crippen molar-refractivity contribution in [2.75, 3.05) is 13.7 Å². The summed E-state index contributed by atoms with van der Waals surface area (Å²) in [4.78, 5) is 13.6. The summed E-state index contributed by atoms with van der Waals surface area (Å²) in [5.74, 6) is 1.24. The number of hydrogen-bond donors (Lipinski definition) is 0. The maximum atomic E-state index is 13.6. The number of hydrogen-bond acceptors (Lipinski definition) is 6. The van der Waals surface area contributed by atoms with Gasteiger partial charge in [0.1, 0.15) is 11.6 Å². The van der Waals surface area contributed by atoms with Gasteiger partial charge in [0.15, 0.2) is 0 Å². The number of benzene rings is 1. The summed E-state index contributed by atoms with van der Waals surface area (Å²) >= 11 is 0. The molecule has 31 heavy (non-hydrogen) atoms. The molecule has 0 unspecified atom stereocenters. The number of aromatic nitrogens is 3. The molecule has 0 spiro atoms. The van der Waals surface area contributed by atoms with Gasteiger partial charge < -0.3 is 4.74 Å². The summed E-state index contributed by atoms with van der Waals surface area (Å²) in [6.07, 6.45) is 7.80. The molecule has 1 aliphatic heterocycles. The molecule has 8 heteroatoms. The number of aryl methyl sites for hydroxylation is 2. The lowest BCUT2D eigenvalue weighted by molar-refractivity contribution is 0.251. The van der Waals surface area contributed by atoms with Crippen LogP contribution in [0.5, 0.6) is 5.75 Å². The number of methoxy groups -OCH3 is 1. The van der Waals surface area contributed by atoms with Crippen LogP contribution < -0.4 is 4.74 Å². The first kappa shape index (κ1) is 21.4. The van der Waals surface area contributed by atoms with Crippen LogP contribution in [0.15, 0.2) is 53.8 Å². The molecular formula is C23H26N4O3S. The van der Waals surface area contributed by atoms with Crippen LogP contribution >= 0.6 is 0 Å². The molecule has 0 radical (unpaired) electrons. The zero-order valence-corrected chi connectivity index (χ0v) is 18.8. The van der Waals surface area contributed by atoms with Crippen LogP contribution in [0.2, 0.25) is 0 Å². The molecule has 162 valence electrons. The molecule has 7 nitrogen and oxygen atoms in total. The predicted molar refractivity (Wildman–Crippen MR) is 118 cm³/mol. The van der Waals surface area contributed by atoms with Gasteiger partial charge in [-0.3, -0.25) is 4.98 Å². The van der Waals surface area contributed by atoms with Crippen molar-refractivity contribution in [3.8, 4) is 16.9 Å². The highest BCUT2D eigenvalue weighted by Gasteiger charge is 2.36. The monoisotopic (exact) mass is 438 g/mol. The minimum atomic E-state index is -3.70. The van der Waals surface area contributed by atoms with Gasteiger partial charge in [-0.05, 0) is 68.1 Å². The Hall–Kier alpha value is -2.84. The molecule has 1 fully saturated rings. The summed E-state index contributed by atoms with van der Waals surface area (Å²) in [5, 5.41) is 0. The van der Waals surface area contributed by atoms with Crippen molar-refractivity contribution in [2.24, 2.45) is 0 Å². The first-order chi connectivity index (χ1) is 14.9. The van der Waals surface area contributed by atoms with Crippen LogP contribution in [0.1, 0.15) is 42.4 Å².